The van der Waals surface area contributed by atoms with Gasteiger partial charge >= 0.3 is 5.97 Å². The molecule has 0 fully saturated rings. The number of Topliss-reactive ketones (excluding diaryl/α,β-unsaturated/α-hetero) is 1. The van der Waals surface area contributed by atoms with Crippen LogP contribution in [0.25, 0.3) is 0 Å². The molecule has 3 aromatic rings. The van der Waals surface area contributed by atoms with E-state index in [1.165, 1.54) is 26.4 Å². The van der Waals surface area contributed by atoms with Crippen LogP contribution in [0.4, 0.5) is 5.69 Å². The van der Waals surface area contributed by atoms with Gasteiger partial charge in [-0.1, -0.05) is 42.5 Å². The number of nitro groups is 1. The summed E-state index contributed by atoms with van der Waals surface area (Å²) in [6, 6.07) is 20.8. The third kappa shape index (κ3) is 4.06. The number of ketones is 1. The summed E-state index contributed by atoms with van der Waals surface area (Å²) in [5.41, 5.74) is 0.449. The molecule has 0 aliphatic carbocycles. The highest BCUT2D eigenvalue weighted by Gasteiger charge is 2.48. The molecule has 0 amide bonds. The maximum absolute atomic E-state index is 13.6. The Balaban J connectivity index is 1.85. The van der Waals surface area contributed by atoms with Gasteiger partial charge in [0.2, 0.25) is 0 Å². The smallest absolute Gasteiger partial charge is 0.334 e. The van der Waals surface area contributed by atoms with Gasteiger partial charge in [0.1, 0.15) is 5.75 Å². The van der Waals surface area contributed by atoms with Gasteiger partial charge in [0.25, 0.3) is 5.69 Å². The van der Waals surface area contributed by atoms with Crippen molar-refractivity contribution in [3.05, 3.63) is 117 Å². The number of benzene rings is 3. The number of nitro benzene ring substituents is 1. The molecular formula is C26H22N2O6. The lowest BCUT2D eigenvalue weighted by molar-refractivity contribution is -0.384. The fourth-order valence-corrected chi connectivity index (χ4v) is 4.09. The highest BCUT2D eigenvalue weighted by Crippen LogP contribution is 2.41. The lowest BCUT2D eigenvalue weighted by Crippen LogP contribution is -2.46. The van der Waals surface area contributed by atoms with E-state index < -0.39 is 22.5 Å². The Morgan fingerprint density at radius 2 is 1.59 bits per heavy atom. The quantitative estimate of drug-likeness (QED) is 0.245. The average Bonchev–Trinajstić information content (AvgIpc) is 3.30. The maximum Gasteiger partial charge on any atom is 0.334 e. The zero-order chi connectivity index (χ0) is 24.3. The minimum atomic E-state index is -1.42. The van der Waals surface area contributed by atoms with E-state index in [-0.39, 0.29) is 11.5 Å². The molecule has 0 spiro atoms. The highest BCUT2D eigenvalue weighted by atomic mass is 16.6. The fourth-order valence-electron chi connectivity index (χ4n) is 4.09. The zero-order valence-electron chi connectivity index (χ0n) is 18.6. The summed E-state index contributed by atoms with van der Waals surface area (Å²) < 4.78 is 10.3. The Kier molecular flexibility index (Phi) is 6.25. The number of esters is 1. The summed E-state index contributed by atoms with van der Waals surface area (Å²) in [6.45, 7) is 0. The Labute approximate surface area is 196 Å². The molecule has 0 aromatic heterocycles. The first-order valence-electron chi connectivity index (χ1n) is 10.5. The van der Waals surface area contributed by atoms with E-state index >= 15 is 0 Å². The first kappa shape index (κ1) is 22.9. The van der Waals surface area contributed by atoms with Crippen molar-refractivity contribution >= 4 is 17.4 Å². The van der Waals surface area contributed by atoms with Crippen LogP contribution in [0.3, 0.4) is 0 Å². The van der Waals surface area contributed by atoms with Crippen LogP contribution in [0.2, 0.25) is 0 Å². The summed E-state index contributed by atoms with van der Waals surface area (Å²) in [5.74, 6) is -0.265. The molecule has 34 heavy (non-hydrogen) atoms. The Bertz CT molecular complexity index is 1250. The van der Waals surface area contributed by atoms with Crippen LogP contribution in [-0.2, 0) is 15.1 Å². The second-order valence-corrected chi connectivity index (χ2v) is 7.75. The molecule has 1 N–H and O–H groups in total. The molecule has 0 saturated carbocycles. The van der Waals surface area contributed by atoms with Crippen LogP contribution < -0.4 is 10.1 Å². The van der Waals surface area contributed by atoms with Crippen LogP contribution in [-0.4, -0.2) is 30.9 Å². The average molecular weight is 458 g/mol. The van der Waals surface area contributed by atoms with Crippen LogP contribution in [0.1, 0.15) is 27.5 Å². The molecule has 172 valence electrons. The van der Waals surface area contributed by atoms with E-state index in [4.69, 9.17) is 9.47 Å². The van der Waals surface area contributed by atoms with Gasteiger partial charge in [-0.15, -0.1) is 0 Å². The number of nitrogens with zero attached hydrogens (tertiary/aromatic N) is 1. The van der Waals surface area contributed by atoms with Crippen molar-refractivity contribution in [2.24, 2.45) is 0 Å². The third-order valence-corrected chi connectivity index (χ3v) is 5.84. The van der Waals surface area contributed by atoms with Crippen LogP contribution in [0, 0.1) is 10.1 Å². The second-order valence-electron chi connectivity index (χ2n) is 7.75. The Hall–Kier alpha value is -4.30. The van der Waals surface area contributed by atoms with E-state index in [2.05, 4.69) is 5.32 Å². The van der Waals surface area contributed by atoms with Crippen molar-refractivity contribution in [2.45, 2.75) is 11.6 Å². The van der Waals surface area contributed by atoms with Gasteiger partial charge in [-0.25, -0.2) is 4.79 Å². The van der Waals surface area contributed by atoms with Crippen molar-refractivity contribution < 1.29 is 24.0 Å². The standard InChI is InChI=1S/C26H22N2O6/c1-33-21-14-10-18(11-15-21)24(29)22-16-26(25(30)34-2,19-6-4-3-5-7-19)27-23(22)17-8-12-20(13-9-17)28(31)32/h3-16,23,27H,1-2H3/t23-,26-/m0/s1. The lowest BCUT2D eigenvalue weighted by atomic mass is 9.89. The van der Waals surface area contributed by atoms with E-state index in [0.29, 0.717) is 28.0 Å². The maximum atomic E-state index is 13.6. The second kappa shape index (κ2) is 9.29. The lowest BCUT2D eigenvalue weighted by Gasteiger charge is -2.28. The van der Waals surface area contributed by atoms with Crippen molar-refractivity contribution in [3.8, 4) is 5.75 Å². The van der Waals surface area contributed by atoms with Crippen molar-refractivity contribution in [1.29, 1.82) is 0 Å². The van der Waals surface area contributed by atoms with Gasteiger partial charge in [0, 0.05) is 23.3 Å². The monoisotopic (exact) mass is 458 g/mol. The van der Waals surface area contributed by atoms with Crippen LogP contribution in [0.5, 0.6) is 5.75 Å². The fraction of sp³-hybridized carbons (Fsp3) is 0.154. The van der Waals surface area contributed by atoms with E-state index in [1.54, 1.807) is 66.7 Å². The number of carbonyl (C=O) groups is 2. The summed E-state index contributed by atoms with van der Waals surface area (Å²) in [4.78, 5) is 37.3. The van der Waals surface area contributed by atoms with Crippen LogP contribution >= 0.6 is 0 Å². The predicted octanol–water partition coefficient (Wildman–Crippen LogP) is 4.13. The number of hydrogen-bond acceptors (Lipinski definition) is 7. The largest absolute Gasteiger partial charge is 0.497 e. The van der Waals surface area contributed by atoms with E-state index in [9.17, 15) is 19.7 Å². The van der Waals surface area contributed by atoms with Gasteiger partial charge in [-0.2, -0.15) is 0 Å². The molecular weight excluding hydrogens is 436 g/mol. The number of nitrogens with one attached hydrogen (secondary N) is 1. The van der Waals surface area contributed by atoms with Crippen LogP contribution in [0.15, 0.2) is 90.5 Å². The summed E-state index contributed by atoms with van der Waals surface area (Å²) in [5, 5.41) is 14.4. The Morgan fingerprint density at radius 1 is 0.941 bits per heavy atom. The van der Waals surface area contributed by atoms with Gasteiger partial charge in [0.15, 0.2) is 11.3 Å². The highest BCUT2D eigenvalue weighted by molar-refractivity contribution is 6.11. The molecule has 8 heteroatoms. The van der Waals surface area contributed by atoms with Crippen molar-refractivity contribution in [2.75, 3.05) is 14.2 Å². The summed E-state index contributed by atoms with van der Waals surface area (Å²) >= 11 is 0. The molecule has 8 nitrogen and oxygen atoms in total. The minimum absolute atomic E-state index is 0.0731. The first-order chi connectivity index (χ1) is 16.4. The molecule has 0 radical (unpaired) electrons. The summed E-state index contributed by atoms with van der Waals surface area (Å²) in [6.07, 6.45) is 1.59. The Morgan fingerprint density at radius 3 is 2.15 bits per heavy atom. The van der Waals surface area contributed by atoms with Gasteiger partial charge in [-0.05, 0) is 41.5 Å². The number of carbonyl (C=O) groups excluding carboxylic acids is 2. The normalized spacial score (nSPS) is 19.2. The molecule has 4 rings (SSSR count). The minimum Gasteiger partial charge on any atom is -0.497 e. The molecule has 2 atom stereocenters. The van der Waals surface area contributed by atoms with Gasteiger partial charge in [-0.3, -0.25) is 20.2 Å². The number of methoxy groups -OCH3 is 2. The molecule has 1 aliphatic heterocycles. The molecule has 0 saturated heterocycles. The number of non-ortho nitro benzene ring substituents is 1. The van der Waals surface area contributed by atoms with Crippen molar-refractivity contribution in [1.82, 2.24) is 5.32 Å². The summed E-state index contributed by atoms with van der Waals surface area (Å²) in [7, 11) is 2.82. The van der Waals surface area contributed by atoms with Gasteiger partial charge in [0.05, 0.1) is 25.2 Å². The first-order valence-corrected chi connectivity index (χ1v) is 10.5. The molecule has 0 unspecified atom stereocenters. The zero-order valence-corrected chi connectivity index (χ0v) is 18.6. The third-order valence-electron chi connectivity index (χ3n) is 5.84. The SMILES string of the molecule is COC(=O)[C@@]1(c2ccccc2)C=C(C(=O)c2ccc(OC)cc2)[C@H](c2ccc([N+](=O)[O-])cc2)N1. The van der Waals surface area contributed by atoms with Gasteiger partial charge < -0.3 is 9.47 Å². The molecule has 1 aliphatic rings. The predicted molar refractivity (Wildman–Crippen MR) is 125 cm³/mol. The molecule has 3 aromatic carbocycles. The van der Waals surface area contributed by atoms with E-state index in [0.717, 1.165) is 0 Å². The number of hydrogen-bond donors (Lipinski definition) is 1. The molecule has 1 heterocycles. The number of ether oxygens (including phenoxy) is 2. The van der Waals surface area contributed by atoms with E-state index in [1.807, 2.05) is 6.07 Å². The number of rotatable bonds is 7. The van der Waals surface area contributed by atoms with Crippen molar-refractivity contribution in [3.63, 3.8) is 0 Å². The molecule has 0 bridgehead atoms. The topological polar surface area (TPSA) is 108 Å².